The van der Waals surface area contributed by atoms with E-state index in [9.17, 15) is 4.79 Å². The van der Waals surface area contributed by atoms with Crippen LogP contribution in [0.5, 0.6) is 0 Å². The number of aliphatic hydroxyl groups is 1. The first kappa shape index (κ1) is 14.6. The maximum Gasteiger partial charge on any atom is 0.151 e. The third-order valence-electron chi connectivity index (χ3n) is 2.43. The fourth-order valence-corrected chi connectivity index (χ4v) is 1.55. The van der Waals surface area contributed by atoms with Crippen molar-refractivity contribution in [3.05, 3.63) is 0 Å². The third-order valence-corrected chi connectivity index (χ3v) is 2.43. The van der Waals surface area contributed by atoms with Crippen molar-refractivity contribution in [1.82, 2.24) is 10.2 Å². The molecule has 1 atom stereocenters. The summed E-state index contributed by atoms with van der Waals surface area (Å²) in [6.45, 7) is 6.56. The summed E-state index contributed by atoms with van der Waals surface area (Å²) in [4.78, 5) is 13.2. The van der Waals surface area contributed by atoms with Gasteiger partial charge in [-0.05, 0) is 20.0 Å². The number of hydrogen-bond donors (Lipinski definition) is 2. The molecule has 1 unspecified atom stereocenters. The fraction of sp³-hybridized carbons (Fsp3) is 0.909. The second kappa shape index (κ2) is 8.83. The van der Waals surface area contributed by atoms with E-state index in [1.165, 1.54) is 0 Å². The van der Waals surface area contributed by atoms with Crippen LogP contribution in [0.25, 0.3) is 0 Å². The first-order chi connectivity index (χ1) is 7.24. The first-order valence-corrected chi connectivity index (χ1v) is 5.79. The lowest BCUT2D eigenvalue weighted by Gasteiger charge is -2.17. The van der Waals surface area contributed by atoms with Gasteiger partial charge in [-0.25, -0.2) is 0 Å². The molecular formula is C11H24N2O2. The molecule has 0 bridgehead atoms. The number of aliphatic hydroxyl groups excluding tert-OH is 1. The quantitative estimate of drug-likeness (QED) is 0.692. The normalized spacial score (nSPS) is 20.3. The van der Waals surface area contributed by atoms with E-state index < -0.39 is 0 Å². The van der Waals surface area contributed by atoms with Gasteiger partial charge >= 0.3 is 0 Å². The Balaban J connectivity index is 0.000000921. The number of nitrogens with one attached hydrogen (secondary N) is 1. The van der Waals surface area contributed by atoms with Crippen LogP contribution in [0, 0.1) is 0 Å². The minimum atomic E-state index is 0.0566. The molecule has 2 N–H and O–H groups in total. The van der Waals surface area contributed by atoms with E-state index in [0.717, 1.165) is 19.5 Å². The molecule has 1 aliphatic rings. The fourth-order valence-electron chi connectivity index (χ4n) is 1.55. The number of rotatable bonds is 5. The summed E-state index contributed by atoms with van der Waals surface area (Å²) in [5.74, 6) is 0.331. The van der Waals surface area contributed by atoms with Crippen LogP contribution >= 0.6 is 0 Å². The molecule has 1 saturated heterocycles. The molecule has 4 heteroatoms. The van der Waals surface area contributed by atoms with Gasteiger partial charge in [-0.2, -0.15) is 0 Å². The lowest BCUT2D eigenvalue weighted by Crippen LogP contribution is -2.33. The Morgan fingerprint density at radius 3 is 2.60 bits per heavy atom. The Kier molecular flexibility index (Phi) is 8.56. The van der Waals surface area contributed by atoms with E-state index in [1.807, 2.05) is 25.8 Å². The zero-order valence-electron chi connectivity index (χ0n) is 10.1. The Morgan fingerprint density at radius 1 is 1.47 bits per heavy atom. The maximum atomic E-state index is 11.2. The first-order valence-electron chi connectivity index (χ1n) is 5.79. The van der Waals surface area contributed by atoms with Crippen molar-refractivity contribution < 1.29 is 9.90 Å². The van der Waals surface area contributed by atoms with Crippen LogP contribution in [0.2, 0.25) is 0 Å². The number of nitrogens with zero attached hydrogens (tertiary/aromatic N) is 1. The highest BCUT2D eigenvalue weighted by Crippen LogP contribution is 2.05. The maximum absolute atomic E-state index is 11.2. The van der Waals surface area contributed by atoms with E-state index >= 15 is 0 Å². The van der Waals surface area contributed by atoms with Crippen molar-refractivity contribution in [2.24, 2.45) is 0 Å². The molecule has 90 valence electrons. The van der Waals surface area contributed by atoms with Gasteiger partial charge in [-0.1, -0.05) is 13.8 Å². The average molecular weight is 216 g/mol. The number of likely N-dealkylation sites (N-methyl/N-ethyl adjacent to an activating group) is 1. The molecule has 15 heavy (non-hydrogen) atoms. The topological polar surface area (TPSA) is 52.6 Å². The van der Waals surface area contributed by atoms with E-state index in [4.69, 9.17) is 5.11 Å². The molecule has 1 heterocycles. The number of Topliss-reactive ketones (excluding diaryl/α,β-unsaturated/α-hetero) is 1. The largest absolute Gasteiger partial charge is 0.395 e. The van der Waals surface area contributed by atoms with Gasteiger partial charge in [0, 0.05) is 19.5 Å². The van der Waals surface area contributed by atoms with Crippen LogP contribution in [-0.4, -0.2) is 55.1 Å². The average Bonchev–Trinajstić information content (AvgIpc) is 2.65. The number of carbonyl (C=O) groups is 1. The van der Waals surface area contributed by atoms with Crippen molar-refractivity contribution in [1.29, 1.82) is 0 Å². The molecule has 0 amide bonds. The second-order valence-electron chi connectivity index (χ2n) is 3.54. The summed E-state index contributed by atoms with van der Waals surface area (Å²) >= 11 is 0. The Labute approximate surface area is 92.7 Å². The lowest BCUT2D eigenvalue weighted by molar-refractivity contribution is -0.118. The summed E-state index contributed by atoms with van der Waals surface area (Å²) in [6.07, 6.45) is 1.53. The van der Waals surface area contributed by atoms with E-state index in [2.05, 4.69) is 5.32 Å². The Bertz CT molecular complexity index is 174. The second-order valence-corrected chi connectivity index (χ2v) is 3.54. The van der Waals surface area contributed by atoms with Gasteiger partial charge in [0.15, 0.2) is 5.78 Å². The SMILES string of the molecule is CC.CN(CCO)CCC1NCCC1=O. The van der Waals surface area contributed by atoms with Gasteiger partial charge in [0.1, 0.15) is 0 Å². The van der Waals surface area contributed by atoms with E-state index in [-0.39, 0.29) is 12.6 Å². The minimum absolute atomic E-state index is 0.0566. The highest BCUT2D eigenvalue weighted by molar-refractivity contribution is 5.86. The van der Waals surface area contributed by atoms with Crippen LogP contribution in [0.15, 0.2) is 0 Å². The number of hydrogen-bond acceptors (Lipinski definition) is 4. The third kappa shape index (κ3) is 5.87. The molecule has 1 aliphatic heterocycles. The standard InChI is InChI=1S/C9H18N2O2.C2H6/c1-11(6-7-12)5-3-8-9(13)2-4-10-8;1-2/h8,10,12H,2-7H2,1H3;1-2H3. The lowest BCUT2D eigenvalue weighted by atomic mass is 10.1. The summed E-state index contributed by atoms with van der Waals surface area (Å²) in [5.41, 5.74) is 0. The molecular weight excluding hydrogens is 192 g/mol. The van der Waals surface area contributed by atoms with Crippen LogP contribution in [0.3, 0.4) is 0 Å². The van der Waals surface area contributed by atoms with Crippen LogP contribution < -0.4 is 5.32 Å². The predicted molar refractivity (Wildman–Crippen MR) is 62.0 cm³/mol. The Hall–Kier alpha value is -0.450. The molecule has 1 rings (SSSR count). The number of carbonyl (C=O) groups excluding carboxylic acids is 1. The minimum Gasteiger partial charge on any atom is -0.395 e. The van der Waals surface area contributed by atoms with Crippen molar-refractivity contribution in [2.75, 3.05) is 33.3 Å². The molecule has 0 aromatic carbocycles. The van der Waals surface area contributed by atoms with Gasteiger partial charge in [0.25, 0.3) is 0 Å². The summed E-state index contributed by atoms with van der Waals surface area (Å²) in [5, 5.41) is 11.8. The molecule has 1 fully saturated rings. The molecule has 0 spiro atoms. The van der Waals surface area contributed by atoms with Crippen LogP contribution in [0.1, 0.15) is 26.7 Å². The molecule has 0 aromatic rings. The van der Waals surface area contributed by atoms with Gasteiger partial charge in [-0.3, -0.25) is 4.79 Å². The van der Waals surface area contributed by atoms with E-state index in [1.54, 1.807) is 0 Å². The summed E-state index contributed by atoms with van der Waals surface area (Å²) < 4.78 is 0. The van der Waals surface area contributed by atoms with Gasteiger partial charge in [0.05, 0.1) is 12.6 Å². The monoisotopic (exact) mass is 216 g/mol. The van der Waals surface area contributed by atoms with Crippen molar-refractivity contribution in [2.45, 2.75) is 32.7 Å². The zero-order chi connectivity index (χ0) is 11.7. The van der Waals surface area contributed by atoms with Crippen LogP contribution in [0.4, 0.5) is 0 Å². The van der Waals surface area contributed by atoms with Gasteiger partial charge < -0.3 is 15.3 Å². The number of ketones is 1. The highest BCUT2D eigenvalue weighted by Gasteiger charge is 2.23. The molecule has 0 radical (unpaired) electrons. The van der Waals surface area contributed by atoms with Gasteiger partial charge in [0.2, 0.25) is 0 Å². The van der Waals surface area contributed by atoms with E-state index in [0.29, 0.717) is 18.7 Å². The predicted octanol–water partition coefficient (Wildman–Crippen LogP) is 0.258. The van der Waals surface area contributed by atoms with Crippen molar-refractivity contribution >= 4 is 5.78 Å². The van der Waals surface area contributed by atoms with Crippen molar-refractivity contribution in [3.63, 3.8) is 0 Å². The molecule has 0 aliphatic carbocycles. The molecule has 4 nitrogen and oxygen atoms in total. The van der Waals surface area contributed by atoms with Gasteiger partial charge in [-0.15, -0.1) is 0 Å². The molecule has 0 aromatic heterocycles. The van der Waals surface area contributed by atoms with Crippen molar-refractivity contribution in [3.8, 4) is 0 Å². The Morgan fingerprint density at radius 2 is 2.13 bits per heavy atom. The zero-order valence-corrected chi connectivity index (χ0v) is 10.1. The summed E-state index contributed by atoms with van der Waals surface area (Å²) in [6, 6.07) is 0.0566. The molecule has 0 saturated carbocycles. The highest BCUT2D eigenvalue weighted by atomic mass is 16.3. The smallest absolute Gasteiger partial charge is 0.151 e. The summed E-state index contributed by atoms with van der Waals surface area (Å²) in [7, 11) is 1.95. The van der Waals surface area contributed by atoms with Crippen LogP contribution in [-0.2, 0) is 4.79 Å².